The SMILES string of the molecule is CCCc1nc(-c2c(C)cccc2C)nc(N)c1I. The molecule has 0 radical (unpaired) electrons. The predicted molar refractivity (Wildman–Crippen MR) is 88.1 cm³/mol. The lowest BCUT2D eigenvalue weighted by Gasteiger charge is -2.12. The van der Waals surface area contributed by atoms with Crippen LogP contribution in [0, 0.1) is 17.4 Å². The predicted octanol–water partition coefficient (Wildman–Crippen LogP) is 3.90. The molecular formula is C15H18IN3. The van der Waals surface area contributed by atoms with E-state index in [1.807, 2.05) is 0 Å². The molecule has 3 nitrogen and oxygen atoms in total. The summed E-state index contributed by atoms with van der Waals surface area (Å²) in [7, 11) is 0. The largest absolute Gasteiger partial charge is 0.383 e. The van der Waals surface area contributed by atoms with Gasteiger partial charge in [0.1, 0.15) is 5.82 Å². The molecule has 2 aromatic rings. The highest BCUT2D eigenvalue weighted by molar-refractivity contribution is 14.1. The van der Waals surface area contributed by atoms with Gasteiger partial charge in [-0.15, -0.1) is 0 Å². The number of halogens is 1. The second-order valence-corrected chi connectivity index (χ2v) is 5.79. The third kappa shape index (κ3) is 2.88. The standard InChI is InChI=1S/C15H18IN3/c1-4-6-11-13(16)14(17)19-15(18-11)12-9(2)7-5-8-10(12)3/h5,7-8H,4,6H2,1-3H3,(H2,17,18,19). The first-order valence-corrected chi connectivity index (χ1v) is 7.51. The van der Waals surface area contributed by atoms with Crippen molar-refractivity contribution in [2.75, 3.05) is 5.73 Å². The molecule has 0 saturated heterocycles. The number of nitrogen functional groups attached to an aromatic ring is 1. The lowest BCUT2D eigenvalue weighted by Crippen LogP contribution is -2.06. The van der Waals surface area contributed by atoms with Crippen LogP contribution in [0.5, 0.6) is 0 Å². The van der Waals surface area contributed by atoms with Crippen LogP contribution >= 0.6 is 22.6 Å². The van der Waals surface area contributed by atoms with Gasteiger partial charge in [-0.25, -0.2) is 9.97 Å². The average Bonchev–Trinajstić information content (AvgIpc) is 2.35. The van der Waals surface area contributed by atoms with E-state index in [0.29, 0.717) is 5.82 Å². The average molecular weight is 367 g/mol. The Labute approximate surface area is 127 Å². The third-order valence-electron chi connectivity index (χ3n) is 3.14. The first-order chi connectivity index (χ1) is 9.04. The summed E-state index contributed by atoms with van der Waals surface area (Å²) in [6.45, 7) is 6.31. The maximum absolute atomic E-state index is 6.03. The normalized spacial score (nSPS) is 10.7. The number of aryl methyl sites for hydroxylation is 3. The summed E-state index contributed by atoms with van der Waals surface area (Å²) < 4.78 is 0.981. The summed E-state index contributed by atoms with van der Waals surface area (Å²) in [5.74, 6) is 1.33. The molecule has 1 aromatic carbocycles. The molecule has 4 heteroatoms. The van der Waals surface area contributed by atoms with Crippen LogP contribution in [0.4, 0.5) is 5.82 Å². The van der Waals surface area contributed by atoms with E-state index in [2.05, 4.69) is 66.5 Å². The van der Waals surface area contributed by atoms with Crippen molar-refractivity contribution in [1.29, 1.82) is 0 Å². The lowest BCUT2D eigenvalue weighted by molar-refractivity contribution is 0.868. The van der Waals surface area contributed by atoms with Crippen LogP contribution in [0.1, 0.15) is 30.2 Å². The summed E-state index contributed by atoms with van der Waals surface area (Å²) in [5, 5.41) is 0. The molecule has 0 fully saturated rings. The summed E-state index contributed by atoms with van der Waals surface area (Å²) in [5.41, 5.74) is 10.5. The van der Waals surface area contributed by atoms with Gasteiger partial charge >= 0.3 is 0 Å². The monoisotopic (exact) mass is 367 g/mol. The van der Waals surface area contributed by atoms with E-state index >= 15 is 0 Å². The number of nitrogens with zero attached hydrogens (tertiary/aromatic N) is 2. The molecule has 0 spiro atoms. The topological polar surface area (TPSA) is 51.8 Å². The van der Waals surface area contributed by atoms with E-state index < -0.39 is 0 Å². The Kier molecular flexibility index (Phi) is 4.39. The van der Waals surface area contributed by atoms with Gasteiger partial charge in [0, 0.05) is 5.56 Å². The van der Waals surface area contributed by atoms with Crippen LogP contribution in [-0.2, 0) is 6.42 Å². The molecule has 2 rings (SSSR count). The number of rotatable bonds is 3. The van der Waals surface area contributed by atoms with Crippen molar-refractivity contribution in [3.8, 4) is 11.4 Å². The molecule has 0 aliphatic rings. The number of hydrogen-bond donors (Lipinski definition) is 1. The Morgan fingerprint density at radius 2 is 1.79 bits per heavy atom. The molecule has 1 aromatic heterocycles. The minimum Gasteiger partial charge on any atom is -0.383 e. The van der Waals surface area contributed by atoms with Crippen LogP contribution in [0.2, 0.25) is 0 Å². The minimum absolute atomic E-state index is 0.580. The van der Waals surface area contributed by atoms with Gasteiger partial charge in [-0.05, 0) is 54.0 Å². The van der Waals surface area contributed by atoms with Crippen molar-refractivity contribution in [2.45, 2.75) is 33.6 Å². The fourth-order valence-electron chi connectivity index (χ4n) is 2.19. The van der Waals surface area contributed by atoms with Crippen molar-refractivity contribution in [3.05, 3.63) is 38.6 Å². The zero-order valence-electron chi connectivity index (χ0n) is 11.5. The van der Waals surface area contributed by atoms with Crippen LogP contribution in [0.3, 0.4) is 0 Å². The first kappa shape index (κ1) is 14.2. The molecule has 100 valence electrons. The molecule has 1 heterocycles. The van der Waals surface area contributed by atoms with Crippen molar-refractivity contribution in [3.63, 3.8) is 0 Å². The van der Waals surface area contributed by atoms with Crippen molar-refractivity contribution in [1.82, 2.24) is 9.97 Å². The molecular weight excluding hydrogens is 349 g/mol. The molecule has 0 unspecified atom stereocenters. The van der Waals surface area contributed by atoms with Gasteiger partial charge in [0.05, 0.1) is 9.26 Å². The highest BCUT2D eigenvalue weighted by Gasteiger charge is 2.13. The smallest absolute Gasteiger partial charge is 0.162 e. The molecule has 0 saturated carbocycles. The summed E-state index contributed by atoms with van der Waals surface area (Å²) in [6.07, 6.45) is 1.99. The van der Waals surface area contributed by atoms with E-state index in [1.54, 1.807) is 0 Å². The Balaban J connectivity index is 2.63. The van der Waals surface area contributed by atoms with Crippen LogP contribution in [0.25, 0.3) is 11.4 Å². The van der Waals surface area contributed by atoms with Gasteiger partial charge in [-0.1, -0.05) is 31.5 Å². The Hall–Kier alpha value is -1.17. The van der Waals surface area contributed by atoms with Crippen LogP contribution < -0.4 is 5.73 Å². The van der Waals surface area contributed by atoms with Crippen LogP contribution in [0.15, 0.2) is 18.2 Å². The molecule has 0 bridgehead atoms. The Bertz CT molecular complexity index is 588. The number of aromatic nitrogens is 2. The first-order valence-electron chi connectivity index (χ1n) is 6.43. The van der Waals surface area contributed by atoms with Gasteiger partial charge in [0.15, 0.2) is 5.82 Å². The van der Waals surface area contributed by atoms with Gasteiger partial charge in [-0.3, -0.25) is 0 Å². The van der Waals surface area contributed by atoms with Crippen molar-refractivity contribution in [2.24, 2.45) is 0 Å². The fourth-order valence-corrected chi connectivity index (χ4v) is 2.71. The quantitative estimate of drug-likeness (QED) is 0.838. The van der Waals surface area contributed by atoms with E-state index in [9.17, 15) is 0 Å². The summed E-state index contributed by atoms with van der Waals surface area (Å²) >= 11 is 2.23. The highest BCUT2D eigenvalue weighted by atomic mass is 127. The second-order valence-electron chi connectivity index (χ2n) is 4.71. The Morgan fingerprint density at radius 3 is 2.37 bits per heavy atom. The molecule has 0 atom stereocenters. The Morgan fingerprint density at radius 1 is 1.16 bits per heavy atom. The molecule has 0 aliphatic carbocycles. The number of benzene rings is 1. The van der Waals surface area contributed by atoms with Crippen molar-refractivity contribution >= 4 is 28.4 Å². The van der Waals surface area contributed by atoms with E-state index in [0.717, 1.165) is 33.5 Å². The molecule has 2 N–H and O–H groups in total. The zero-order valence-corrected chi connectivity index (χ0v) is 13.7. The molecule has 0 amide bonds. The van der Waals surface area contributed by atoms with E-state index in [1.165, 1.54) is 11.1 Å². The minimum atomic E-state index is 0.580. The number of nitrogens with two attached hydrogens (primary N) is 1. The number of anilines is 1. The van der Waals surface area contributed by atoms with Gasteiger partial charge < -0.3 is 5.73 Å². The summed E-state index contributed by atoms with van der Waals surface area (Å²) in [4.78, 5) is 9.18. The maximum atomic E-state index is 6.03. The maximum Gasteiger partial charge on any atom is 0.162 e. The fraction of sp³-hybridized carbons (Fsp3) is 0.333. The summed E-state index contributed by atoms with van der Waals surface area (Å²) in [6, 6.07) is 6.22. The third-order valence-corrected chi connectivity index (χ3v) is 4.31. The highest BCUT2D eigenvalue weighted by Crippen LogP contribution is 2.27. The van der Waals surface area contributed by atoms with Crippen LogP contribution in [-0.4, -0.2) is 9.97 Å². The zero-order chi connectivity index (χ0) is 14.0. The lowest BCUT2D eigenvalue weighted by atomic mass is 10.0. The second kappa shape index (κ2) is 5.86. The van der Waals surface area contributed by atoms with E-state index in [-0.39, 0.29) is 0 Å². The van der Waals surface area contributed by atoms with Crippen molar-refractivity contribution < 1.29 is 0 Å². The van der Waals surface area contributed by atoms with Gasteiger partial charge in [0.25, 0.3) is 0 Å². The van der Waals surface area contributed by atoms with E-state index in [4.69, 9.17) is 10.7 Å². The number of hydrogen-bond acceptors (Lipinski definition) is 3. The molecule has 0 aliphatic heterocycles. The van der Waals surface area contributed by atoms with Gasteiger partial charge in [-0.2, -0.15) is 0 Å². The molecule has 19 heavy (non-hydrogen) atoms. The van der Waals surface area contributed by atoms with Gasteiger partial charge in [0.2, 0.25) is 0 Å².